The topological polar surface area (TPSA) is 73.8 Å². The van der Waals surface area contributed by atoms with Crippen molar-refractivity contribution in [1.29, 1.82) is 0 Å². The second-order valence-electron chi connectivity index (χ2n) is 8.92. The fourth-order valence-electron chi connectivity index (χ4n) is 4.03. The van der Waals surface area contributed by atoms with Crippen LogP contribution in [-0.4, -0.2) is 3.96 Å². The summed E-state index contributed by atoms with van der Waals surface area (Å²) < 4.78 is 40.0. The number of nitrogens with one attached hydrogen (secondary N) is 1. The fourth-order valence-corrected chi connectivity index (χ4v) is 14.0. The van der Waals surface area contributed by atoms with E-state index in [4.69, 9.17) is 38.9 Å². The molecular weight excluding hydrogens is 611 g/mol. The SMILES string of the molecule is ClN1P(Oc2ccccc2)(Oc2ccccc2)=NPNP1(Oc1ccccc1)(Oc1ccccc1)Oc1ccccc1. The Morgan fingerprint density at radius 3 is 1.17 bits per heavy atom. The molecule has 12 heteroatoms. The molecule has 0 fully saturated rings. The first-order chi connectivity index (χ1) is 20.6. The van der Waals surface area contributed by atoms with Gasteiger partial charge in [0.25, 0.3) is 0 Å². The summed E-state index contributed by atoms with van der Waals surface area (Å²) in [5, 5.41) is 0. The molecule has 0 spiro atoms. The summed E-state index contributed by atoms with van der Waals surface area (Å²) in [5.41, 5.74) is 0. The molecule has 214 valence electrons. The first-order valence-electron chi connectivity index (χ1n) is 13.0. The zero-order valence-corrected chi connectivity index (χ0v) is 25.7. The standard InChI is InChI=1S/C30H27ClN3O5P3/c31-34-41(35-26-16-6-1-7-17-26,36-27-18-8-2-9-19-27)32-40-33-42(34,37-28-20-10-3-11-21-28,38-29-22-12-4-13-23-29)39-30-24-14-5-15-25-30/h1-25,33,40H. The Labute approximate surface area is 251 Å². The van der Waals surface area contributed by atoms with Crippen LogP contribution in [0.2, 0.25) is 0 Å². The van der Waals surface area contributed by atoms with Gasteiger partial charge in [0.1, 0.15) is 0 Å². The normalized spacial score (nSPS) is 18.4. The van der Waals surface area contributed by atoms with Crippen LogP contribution in [-0.2, 0) is 0 Å². The Bertz CT molecular complexity index is 1510. The van der Waals surface area contributed by atoms with Crippen LogP contribution in [0.25, 0.3) is 0 Å². The predicted molar refractivity (Wildman–Crippen MR) is 171 cm³/mol. The van der Waals surface area contributed by atoms with E-state index in [2.05, 4.69) is 4.86 Å². The summed E-state index contributed by atoms with van der Waals surface area (Å²) in [5.74, 6) is 2.34. The Morgan fingerprint density at radius 2 is 0.833 bits per heavy atom. The van der Waals surface area contributed by atoms with Crippen molar-refractivity contribution in [2.45, 2.75) is 0 Å². The Balaban J connectivity index is 1.59. The third kappa shape index (κ3) is 5.97. The molecule has 6 rings (SSSR count). The monoisotopic (exact) mass is 637 g/mol. The van der Waals surface area contributed by atoms with Gasteiger partial charge in [-0.1, -0.05) is 0 Å². The molecule has 0 radical (unpaired) electrons. The predicted octanol–water partition coefficient (Wildman–Crippen LogP) is 10.0. The number of nitrogens with zero attached hydrogens (tertiary/aromatic N) is 2. The van der Waals surface area contributed by atoms with E-state index in [-0.39, 0.29) is 8.88 Å². The van der Waals surface area contributed by atoms with E-state index in [1.54, 1.807) is 36.4 Å². The van der Waals surface area contributed by atoms with E-state index in [0.717, 1.165) is 0 Å². The van der Waals surface area contributed by atoms with Gasteiger partial charge in [-0.15, -0.1) is 0 Å². The zero-order valence-electron chi connectivity index (χ0n) is 22.1. The third-order valence-electron chi connectivity index (χ3n) is 5.87. The maximum atomic E-state index is 7.53. The molecule has 1 atom stereocenters. The van der Waals surface area contributed by atoms with Crippen LogP contribution in [0.3, 0.4) is 0 Å². The van der Waals surface area contributed by atoms with Crippen molar-refractivity contribution in [3.8, 4) is 28.7 Å². The Morgan fingerprint density at radius 1 is 0.524 bits per heavy atom. The molecule has 0 aliphatic carbocycles. The molecule has 1 N–H and O–H groups in total. The molecule has 0 aromatic heterocycles. The molecule has 5 aromatic rings. The Hall–Kier alpha value is -3.60. The second kappa shape index (κ2) is 12.3. The summed E-state index contributed by atoms with van der Waals surface area (Å²) in [6.45, 7) is 0. The van der Waals surface area contributed by atoms with Gasteiger partial charge in [0, 0.05) is 0 Å². The molecule has 1 unspecified atom stereocenters. The quantitative estimate of drug-likeness (QED) is 0.121. The zero-order chi connectivity index (χ0) is 28.7. The molecule has 1 aliphatic rings. The van der Waals surface area contributed by atoms with Crippen LogP contribution in [0.1, 0.15) is 0 Å². The summed E-state index contributed by atoms with van der Waals surface area (Å²) >= 11 is 7.53. The summed E-state index contributed by atoms with van der Waals surface area (Å²) in [7, 11) is -8.98. The van der Waals surface area contributed by atoms with E-state index < -0.39 is 15.2 Å². The van der Waals surface area contributed by atoms with Gasteiger partial charge in [-0.3, -0.25) is 0 Å². The first-order valence-corrected chi connectivity index (χ1v) is 17.7. The van der Waals surface area contributed by atoms with Crippen molar-refractivity contribution >= 4 is 35.9 Å². The molecule has 0 saturated carbocycles. The van der Waals surface area contributed by atoms with Gasteiger partial charge in [-0.25, -0.2) is 0 Å². The van der Waals surface area contributed by atoms with E-state index in [9.17, 15) is 0 Å². The minimum absolute atomic E-state index is 0.349. The van der Waals surface area contributed by atoms with Gasteiger partial charge in [-0.2, -0.15) is 0 Å². The van der Waals surface area contributed by atoms with Crippen molar-refractivity contribution in [3.63, 3.8) is 0 Å². The third-order valence-corrected chi connectivity index (χ3v) is 15.6. The molecule has 0 saturated heterocycles. The van der Waals surface area contributed by atoms with E-state index in [1.165, 1.54) is 3.96 Å². The Kier molecular flexibility index (Phi) is 8.37. The van der Waals surface area contributed by atoms with Crippen LogP contribution >= 0.6 is 35.9 Å². The summed E-state index contributed by atoms with van der Waals surface area (Å²) in [6.07, 6.45) is 0. The number of halogens is 1. The average Bonchev–Trinajstić information content (AvgIpc) is 3.03. The van der Waals surface area contributed by atoms with E-state index in [1.807, 2.05) is 115 Å². The number of rotatable bonds is 10. The first kappa shape index (κ1) is 28.5. The molecule has 5 aromatic carbocycles. The van der Waals surface area contributed by atoms with Gasteiger partial charge in [0.15, 0.2) is 0 Å². The summed E-state index contributed by atoms with van der Waals surface area (Å²) in [6, 6.07) is 46.1. The van der Waals surface area contributed by atoms with Gasteiger partial charge in [0.05, 0.1) is 0 Å². The number of hydrogen-bond acceptors (Lipinski definition) is 8. The van der Waals surface area contributed by atoms with Crippen molar-refractivity contribution < 1.29 is 22.6 Å². The van der Waals surface area contributed by atoms with Crippen molar-refractivity contribution in [2.24, 2.45) is 4.52 Å². The second-order valence-corrected chi connectivity index (χ2v) is 16.3. The average molecular weight is 638 g/mol. The fraction of sp³-hybridized carbons (Fsp3) is 0. The van der Waals surface area contributed by atoms with Gasteiger partial charge in [-0.05, 0) is 0 Å². The minimum atomic E-state index is -4.96. The maximum absolute atomic E-state index is 7.53. The van der Waals surface area contributed by atoms with E-state index in [0.29, 0.717) is 28.7 Å². The van der Waals surface area contributed by atoms with Crippen LogP contribution in [0, 0.1) is 0 Å². The van der Waals surface area contributed by atoms with Crippen molar-refractivity contribution in [1.82, 2.24) is 8.82 Å². The molecule has 0 amide bonds. The van der Waals surface area contributed by atoms with Crippen molar-refractivity contribution in [3.05, 3.63) is 152 Å². The molecule has 8 nitrogen and oxygen atoms in total. The molecule has 42 heavy (non-hydrogen) atoms. The molecule has 1 heterocycles. The number of benzene rings is 5. The van der Waals surface area contributed by atoms with E-state index >= 15 is 0 Å². The molecule has 1 aliphatic heterocycles. The molecular formula is C30H27ClN3O5P3. The van der Waals surface area contributed by atoms with Crippen LogP contribution < -0.4 is 27.5 Å². The van der Waals surface area contributed by atoms with Gasteiger partial charge >= 0.3 is 252 Å². The van der Waals surface area contributed by atoms with Crippen LogP contribution in [0.15, 0.2) is 156 Å². The van der Waals surface area contributed by atoms with Gasteiger partial charge in [0.2, 0.25) is 0 Å². The summed E-state index contributed by atoms with van der Waals surface area (Å²) in [4.78, 5) is 3.35. The van der Waals surface area contributed by atoms with Crippen LogP contribution in [0.4, 0.5) is 0 Å². The molecule has 0 bridgehead atoms. The van der Waals surface area contributed by atoms with Crippen LogP contribution in [0.5, 0.6) is 28.7 Å². The number of para-hydroxylation sites is 5. The van der Waals surface area contributed by atoms with Gasteiger partial charge < -0.3 is 0 Å². The van der Waals surface area contributed by atoms with Crippen molar-refractivity contribution in [2.75, 3.05) is 0 Å². The number of hydrogen-bond donors (Lipinski definition) is 1.